The molecule has 0 spiro atoms. The van der Waals surface area contributed by atoms with E-state index in [0.29, 0.717) is 30.4 Å². The number of anilines is 1. The van der Waals surface area contributed by atoms with Gasteiger partial charge >= 0.3 is 6.18 Å². The summed E-state index contributed by atoms with van der Waals surface area (Å²) in [4.78, 5) is 1.85. The number of fused-ring (bicyclic) bond motifs is 1. The molecule has 1 aromatic heterocycles. The summed E-state index contributed by atoms with van der Waals surface area (Å²) in [5.41, 5.74) is 0.406. The molecule has 1 saturated heterocycles. The zero-order valence-corrected chi connectivity index (χ0v) is 14.1. The van der Waals surface area contributed by atoms with Gasteiger partial charge in [-0.25, -0.2) is 0 Å². The van der Waals surface area contributed by atoms with E-state index in [1.165, 1.54) is 6.07 Å². The first-order valence-electron chi connectivity index (χ1n) is 8.55. The molecule has 4 rings (SSSR count). The third-order valence-electron chi connectivity index (χ3n) is 4.66. The van der Waals surface area contributed by atoms with Gasteiger partial charge in [0.2, 0.25) is 0 Å². The maximum Gasteiger partial charge on any atom is 0.420 e. The minimum Gasteiger partial charge on any atom is -0.489 e. The third-order valence-corrected chi connectivity index (χ3v) is 4.66. The normalized spacial score (nSPS) is 20.1. The van der Waals surface area contributed by atoms with Crippen molar-refractivity contribution in [3.63, 3.8) is 0 Å². The molecule has 1 atom stereocenters. The van der Waals surface area contributed by atoms with Crippen LogP contribution in [0, 0.1) is 5.92 Å². The highest BCUT2D eigenvalue weighted by Crippen LogP contribution is 2.43. The Bertz CT molecular complexity index is 772. The fraction of sp³-hybridized carbons (Fsp3) is 0.529. The Hall–Kier alpha value is -2.29. The largest absolute Gasteiger partial charge is 0.489 e. The van der Waals surface area contributed by atoms with Gasteiger partial charge < -0.3 is 14.4 Å². The molecular formula is C17H19F3N4O2. The number of benzene rings is 1. The minimum atomic E-state index is -4.44. The first kappa shape index (κ1) is 17.1. The van der Waals surface area contributed by atoms with Crippen LogP contribution in [0.3, 0.4) is 0 Å². The summed E-state index contributed by atoms with van der Waals surface area (Å²) in [6.45, 7) is 3.33. The molecule has 6 nitrogen and oxygen atoms in total. The molecule has 0 unspecified atom stereocenters. The lowest BCUT2D eigenvalue weighted by Gasteiger charge is -2.32. The molecular weight excluding hydrogens is 349 g/mol. The van der Waals surface area contributed by atoms with Gasteiger partial charge in [0.25, 0.3) is 0 Å². The average molecular weight is 368 g/mol. The zero-order valence-electron chi connectivity index (χ0n) is 14.1. The summed E-state index contributed by atoms with van der Waals surface area (Å²) < 4.78 is 52.0. The van der Waals surface area contributed by atoms with Crippen LogP contribution in [0.15, 0.2) is 24.4 Å². The molecule has 0 radical (unpaired) electrons. The van der Waals surface area contributed by atoms with E-state index in [1.807, 2.05) is 11.1 Å². The van der Waals surface area contributed by atoms with Crippen molar-refractivity contribution in [2.45, 2.75) is 25.7 Å². The van der Waals surface area contributed by atoms with Gasteiger partial charge in [0.05, 0.1) is 37.1 Å². The van der Waals surface area contributed by atoms with Crippen LogP contribution in [0.1, 0.15) is 17.7 Å². The van der Waals surface area contributed by atoms with Gasteiger partial charge in [-0.15, -0.1) is 5.10 Å². The van der Waals surface area contributed by atoms with Gasteiger partial charge in [-0.1, -0.05) is 11.3 Å². The van der Waals surface area contributed by atoms with E-state index in [2.05, 4.69) is 10.3 Å². The van der Waals surface area contributed by atoms with E-state index in [9.17, 15) is 13.2 Å². The molecule has 0 N–H and O–H groups in total. The van der Waals surface area contributed by atoms with Crippen molar-refractivity contribution in [2.75, 3.05) is 31.3 Å². The van der Waals surface area contributed by atoms with Crippen molar-refractivity contribution in [1.29, 1.82) is 0 Å². The average Bonchev–Trinajstić information content (AvgIpc) is 3.26. The van der Waals surface area contributed by atoms with Gasteiger partial charge in [-0.05, 0) is 18.6 Å². The highest BCUT2D eigenvalue weighted by molar-refractivity contribution is 5.64. The summed E-state index contributed by atoms with van der Waals surface area (Å²) in [5.74, 6) is 0.324. The fourth-order valence-corrected chi connectivity index (χ4v) is 3.38. The summed E-state index contributed by atoms with van der Waals surface area (Å²) in [7, 11) is 0. The van der Waals surface area contributed by atoms with Crippen molar-refractivity contribution in [2.24, 2.45) is 5.92 Å². The number of hydrogen-bond donors (Lipinski definition) is 0. The third kappa shape index (κ3) is 3.48. The number of aromatic nitrogens is 3. The Balaban J connectivity index is 1.51. The molecule has 0 amide bonds. The van der Waals surface area contributed by atoms with Crippen molar-refractivity contribution < 1.29 is 22.6 Å². The second-order valence-corrected chi connectivity index (χ2v) is 6.58. The quantitative estimate of drug-likeness (QED) is 0.831. The van der Waals surface area contributed by atoms with E-state index in [4.69, 9.17) is 9.47 Å². The first-order chi connectivity index (χ1) is 12.5. The number of para-hydroxylation sites is 1. The molecule has 3 heterocycles. The molecule has 0 saturated carbocycles. The zero-order chi connectivity index (χ0) is 18.1. The van der Waals surface area contributed by atoms with E-state index >= 15 is 0 Å². The second-order valence-electron chi connectivity index (χ2n) is 6.58. The Morgan fingerprint density at radius 3 is 2.88 bits per heavy atom. The molecule has 2 aromatic rings. The van der Waals surface area contributed by atoms with E-state index in [-0.39, 0.29) is 12.4 Å². The second kappa shape index (κ2) is 6.79. The predicted molar refractivity (Wildman–Crippen MR) is 86.9 cm³/mol. The number of nitrogens with zero attached hydrogens (tertiary/aromatic N) is 4. The Morgan fingerprint density at radius 1 is 1.23 bits per heavy atom. The summed E-state index contributed by atoms with van der Waals surface area (Å²) in [6, 6.07) is 4.09. The van der Waals surface area contributed by atoms with Gasteiger partial charge in [-0.2, -0.15) is 13.2 Å². The maximum absolute atomic E-state index is 13.2. The number of rotatable bonds is 4. The van der Waals surface area contributed by atoms with Crippen LogP contribution < -0.4 is 9.64 Å². The number of ether oxygens (including phenoxy) is 2. The van der Waals surface area contributed by atoms with Crippen molar-refractivity contribution >= 4 is 5.69 Å². The molecule has 26 heavy (non-hydrogen) atoms. The highest BCUT2D eigenvalue weighted by Gasteiger charge is 2.37. The van der Waals surface area contributed by atoms with Crippen molar-refractivity contribution in [3.05, 3.63) is 35.7 Å². The van der Waals surface area contributed by atoms with Gasteiger partial charge in [0.15, 0.2) is 5.75 Å². The van der Waals surface area contributed by atoms with Crippen LogP contribution in [-0.2, 0) is 24.0 Å². The number of halogens is 3. The molecule has 1 aromatic carbocycles. The van der Waals surface area contributed by atoms with Crippen LogP contribution >= 0.6 is 0 Å². The van der Waals surface area contributed by atoms with E-state index in [0.717, 1.165) is 32.2 Å². The molecule has 9 heteroatoms. The van der Waals surface area contributed by atoms with Gasteiger partial charge in [-0.3, -0.25) is 4.68 Å². The van der Waals surface area contributed by atoms with Crippen LogP contribution in [0.4, 0.5) is 18.9 Å². The summed E-state index contributed by atoms with van der Waals surface area (Å²) >= 11 is 0. The molecule has 140 valence electrons. The first-order valence-corrected chi connectivity index (χ1v) is 8.55. The SMILES string of the molecule is FC(F)(F)c1cccc2c1OCCN2Cc1cn(C[C@H]2CCOC2)nn1. The Labute approximate surface area is 148 Å². The fourth-order valence-electron chi connectivity index (χ4n) is 3.38. The predicted octanol–water partition coefficient (Wildman–Crippen LogP) is 2.73. The van der Waals surface area contributed by atoms with Crippen molar-refractivity contribution in [1.82, 2.24) is 15.0 Å². The van der Waals surface area contributed by atoms with Gasteiger partial charge in [0.1, 0.15) is 12.3 Å². The summed E-state index contributed by atoms with van der Waals surface area (Å²) in [5, 5.41) is 8.30. The molecule has 0 bridgehead atoms. The number of hydrogen-bond acceptors (Lipinski definition) is 5. The Morgan fingerprint density at radius 2 is 2.12 bits per heavy atom. The topological polar surface area (TPSA) is 52.4 Å². The lowest BCUT2D eigenvalue weighted by molar-refractivity contribution is -0.139. The lowest BCUT2D eigenvalue weighted by Crippen LogP contribution is -2.33. The molecule has 0 aliphatic carbocycles. The van der Waals surface area contributed by atoms with Crippen LogP contribution in [-0.4, -0.2) is 41.4 Å². The van der Waals surface area contributed by atoms with Crippen LogP contribution in [0.25, 0.3) is 0 Å². The Kier molecular flexibility index (Phi) is 4.47. The minimum absolute atomic E-state index is 0.109. The van der Waals surface area contributed by atoms with Crippen LogP contribution in [0.5, 0.6) is 5.75 Å². The maximum atomic E-state index is 13.2. The lowest BCUT2D eigenvalue weighted by atomic mass is 10.1. The van der Waals surface area contributed by atoms with Gasteiger partial charge in [0, 0.05) is 19.1 Å². The van der Waals surface area contributed by atoms with Crippen LogP contribution in [0.2, 0.25) is 0 Å². The highest BCUT2D eigenvalue weighted by atomic mass is 19.4. The number of alkyl halides is 3. The molecule has 1 fully saturated rings. The molecule has 2 aliphatic heterocycles. The van der Waals surface area contributed by atoms with E-state index < -0.39 is 11.7 Å². The summed E-state index contributed by atoms with van der Waals surface area (Å²) in [6.07, 6.45) is -1.59. The standard InChI is InChI=1S/C17H19F3N4O2/c18-17(19,20)14-2-1-3-15-16(14)26-7-5-23(15)9-13-10-24(22-21-13)8-12-4-6-25-11-12/h1-3,10,12H,4-9,11H2/t12-/m1/s1. The molecule has 2 aliphatic rings. The van der Waals surface area contributed by atoms with E-state index in [1.54, 1.807) is 10.7 Å². The monoisotopic (exact) mass is 368 g/mol. The smallest absolute Gasteiger partial charge is 0.420 e. The van der Waals surface area contributed by atoms with Crippen molar-refractivity contribution in [3.8, 4) is 5.75 Å².